The van der Waals surface area contributed by atoms with E-state index < -0.39 is 10.8 Å². The summed E-state index contributed by atoms with van der Waals surface area (Å²) in [5.74, 6) is -0.731. The Bertz CT molecular complexity index is 1040. The van der Waals surface area contributed by atoms with Crippen LogP contribution in [-0.2, 0) is 6.54 Å². The number of benzene rings is 1. The van der Waals surface area contributed by atoms with Crippen LogP contribution in [0.5, 0.6) is 0 Å². The first-order valence-corrected chi connectivity index (χ1v) is 8.80. The van der Waals surface area contributed by atoms with Crippen LogP contribution < -0.4 is 0 Å². The van der Waals surface area contributed by atoms with Gasteiger partial charge in [0.25, 0.3) is 5.91 Å². The van der Waals surface area contributed by atoms with Crippen molar-refractivity contribution in [3.63, 3.8) is 0 Å². The molecule has 12 heteroatoms. The van der Waals surface area contributed by atoms with Crippen LogP contribution in [-0.4, -0.2) is 67.0 Å². The fourth-order valence-electron chi connectivity index (χ4n) is 3.12. The number of furan rings is 1. The summed E-state index contributed by atoms with van der Waals surface area (Å²) in [5.41, 5.74) is 0.526. The summed E-state index contributed by atoms with van der Waals surface area (Å²) < 4.78 is 19.9. The smallest absolute Gasteiger partial charge is 0.395 e. The third-order valence-corrected chi connectivity index (χ3v) is 4.59. The van der Waals surface area contributed by atoms with Crippen LogP contribution in [0.4, 0.5) is 10.3 Å². The van der Waals surface area contributed by atoms with Gasteiger partial charge in [0.15, 0.2) is 11.6 Å². The lowest BCUT2D eigenvalue weighted by atomic mass is 10.2. The molecular formula is C17H16FN7O4. The monoisotopic (exact) mass is 401 g/mol. The van der Waals surface area contributed by atoms with E-state index in [9.17, 15) is 19.3 Å². The fourth-order valence-corrected chi connectivity index (χ4v) is 3.12. The number of carbonyl (C=O) groups excluding carboxylic acids is 1. The number of hydrogen-bond acceptors (Lipinski definition) is 8. The molecule has 1 aliphatic rings. The Balaban J connectivity index is 1.38. The van der Waals surface area contributed by atoms with Gasteiger partial charge in [-0.05, 0) is 34.7 Å². The number of piperazine rings is 1. The van der Waals surface area contributed by atoms with Crippen LogP contribution in [0.3, 0.4) is 0 Å². The van der Waals surface area contributed by atoms with Crippen LogP contribution in [0.1, 0.15) is 16.4 Å². The van der Waals surface area contributed by atoms with Crippen LogP contribution >= 0.6 is 0 Å². The van der Waals surface area contributed by atoms with E-state index >= 15 is 0 Å². The molecule has 2 aromatic heterocycles. The minimum atomic E-state index is -0.683. The van der Waals surface area contributed by atoms with Gasteiger partial charge < -0.3 is 9.32 Å². The van der Waals surface area contributed by atoms with Gasteiger partial charge in [0.05, 0.1) is 18.3 Å². The zero-order chi connectivity index (χ0) is 20.4. The third-order valence-electron chi connectivity index (χ3n) is 4.59. The number of halogens is 1. The van der Waals surface area contributed by atoms with Gasteiger partial charge in [-0.15, -0.1) is 5.10 Å². The molecule has 0 unspecified atom stereocenters. The molecule has 11 nitrogen and oxygen atoms in total. The number of nitrogens with zero attached hydrogens (tertiary/aromatic N) is 7. The molecule has 0 saturated carbocycles. The highest BCUT2D eigenvalue weighted by Crippen LogP contribution is 2.18. The molecule has 0 bridgehead atoms. The van der Waals surface area contributed by atoms with Gasteiger partial charge in [0.1, 0.15) is 10.7 Å². The van der Waals surface area contributed by atoms with Crippen molar-refractivity contribution < 1.29 is 18.5 Å². The Labute approximate surface area is 163 Å². The molecular weight excluding hydrogens is 385 g/mol. The molecule has 29 heavy (non-hydrogen) atoms. The summed E-state index contributed by atoms with van der Waals surface area (Å²) in [6.45, 7) is 2.40. The summed E-state index contributed by atoms with van der Waals surface area (Å²) in [5, 5.41) is 22.3. The normalized spacial score (nSPS) is 14.9. The van der Waals surface area contributed by atoms with E-state index in [2.05, 4.69) is 20.4 Å². The molecule has 0 spiro atoms. The second-order valence-electron chi connectivity index (χ2n) is 6.45. The van der Waals surface area contributed by atoms with E-state index in [4.69, 9.17) is 4.42 Å². The largest absolute Gasteiger partial charge is 0.433 e. The minimum absolute atomic E-state index is 0.0554. The molecule has 1 fully saturated rings. The van der Waals surface area contributed by atoms with Crippen molar-refractivity contribution >= 4 is 11.8 Å². The topological polar surface area (TPSA) is 123 Å². The van der Waals surface area contributed by atoms with Crippen LogP contribution in [0, 0.1) is 15.9 Å². The highest BCUT2D eigenvalue weighted by Gasteiger charge is 2.26. The van der Waals surface area contributed by atoms with Gasteiger partial charge in [-0.2, -0.15) is 4.68 Å². The first kappa shape index (κ1) is 18.7. The number of rotatable bonds is 5. The Morgan fingerprint density at radius 2 is 2.00 bits per heavy atom. The molecule has 3 heterocycles. The first-order chi connectivity index (χ1) is 14.0. The Morgan fingerprint density at radius 1 is 1.21 bits per heavy atom. The molecule has 1 aromatic carbocycles. The van der Waals surface area contributed by atoms with E-state index in [0.29, 0.717) is 44.2 Å². The van der Waals surface area contributed by atoms with Crippen molar-refractivity contribution in [1.29, 1.82) is 0 Å². The molecule has 0 radical (unpaired) electrons. The molecule has 1 amide bonds. The van der Waals surface area contributed by atoms with Crippen LogP contribution in [0.2, 0.25) is 0 Å². The summed E-state index contributed by atoms with van der Waals surface area (Å²) in [4.78, 5) is 26.1. The van der Waals surface area contributed by atoms with Crippen molar-refractivity contribution in [3.8, 4) is 5.69 Å². The lowest BCUT2D eigenvalue weighted by molar-refractivity contribution is -0.402. The minimum Gasteiger partial charge on any atom is -0.395 e. The predicted octanol–water partition coefficient (Wildman–Crippen LogP) is 1.26. The number of aromatic nitrogens is 4. The summed E-state index contributed by atoms with van der Waals surface area (Å²) in [6, 6.07) is 8.45. The van der Waals surface area contributed by atoms with Gasteiger partial charge in [-0.3, -0.25) is 19.8 Å². The average Bonchev–Trinajstić information content (AvgIpc) is 3.38. The molecule has 0 atom stereocenters. The van der Waals surface area contributed by atoms with E-state index in [-0.39, 0.29) is 17.5 Å². The van der Waals surface area contributed by atoms with E-state index in [0.717, 1.165) is 6.07 Å². The second kappa shape index (κ2) is 7.75. The molecule has 1 saturated heterocycles. The Hall–Kier alpha value is -3.67. The number of tetrazole rings is 1. The maximum absolute atomic E-state index is 13.5. The fraction of sp³-hybridized carbons (Fsp3) is 0.294. The van der Waals surface area contributed by atoms with E-state index in [1.165, 1.54) is 22.9 Å². The maximum Gasteiger partial charge on any atom is 0.433 e. The van der Waals surface area contributed by atoms with Gasteiger partial charge in [-0.25, -0.2) is 4.39 Å². The zero-order valence-electron chi connectivity index (χ0n) is 15.1. The highest BCUT2D eigenvalue weighted by atomic mass is 19.1. The third kappa shape index (κ3) is 3.96. The second-order valence-corrected chi connectivity index (χ2v) is 6.45. The summed E-state index contributed by atoms with van der Waals surface area (Å²) in [6.07, 6.45) is 0. The summed E-state index contributed by atoms with van der Waals surface area (Å²) in [7, 11) is 0. The molecule has 0 aliphatic carbocycles. The van der Waals surface area contributed by atoms with Crippen molar-refractivity contribution in [1.82, 2.24) is 30.0 Å². The van der Waals surface area contributed by atoms with Crippen molar-refractivity contribution in [2.75, 3.05) is 26.2 Å². The van der Waals surface area contributed by atoms with E-state index in [1.54, 1.807) is 17.0 Å². The van der Waals surface area contributed by atoms with Gasteiger partial charge in [0.2, 0.25) is 0 Å². The SMILES string of the molecule is O=C(c1ccc([N+](=O)[O-])o1)N1CCN(Cc2nnnn2-c2cccc(F)c2)CC1. The summed E-state index contributed by atoms with van der Waals surface area (Å²) >= 11 is 0. The number of hydrogen-bond donors (Lipinski definition) is 0. The standard InChI is InChI=1S/C17H16FN7O4/c18-12-2-1-3-13(10-12)24-15(19-20-21-24)11-22-6-8-23(9-7-22)17(26)14-4-5-16(29-14)25(27)28/h1-5,10H,6-9,11H2. The molecule has 3 aromatic rings. The van der Waals surface area contributed by atoms with Crippen LogP contribution in [0.15, 0.2) is 40.8 Å². The first-order valence-electron chi connectivity index (χ1n) is 8.80. The highest BCUT2D eigenvalue weighted by molar-refractivity contribution is 5.91. The lowest BCUT2D eigenvalue weighted by Gasteiger charge is -2.33. The van der Waals surface area contributed by atoms with Gasteiger partial charge in [-0.1, -0.05) is 6.07 Å². The Kier molecular flexibility index (Phi) is 4.99. The van der Waals surface area contributed by atoms with Crippen molar-refractivity contribution in [3.05, 3.63) is 63.9 Å². The number of carbonyl (C=O) groups is 1. The van der Waals surface area contributed by atoms with Crippen LogP contribution in [0.25, 0.3) is 5.69 Å². The maximum atomic E-state index is 13.5. The van der Waals surface area contributed by atoms with Crippen molar-refractivity contribution in [2.24, 2.45) is 0 Å². The van der Waals surface area contributed by atoms with Crippen molar-refractivity contribution in [2.45, 2.75) is 6.54 Å². The molecule has 150 valence electrons. The number of nitro groups is 1. The zero-order valence-corrected chi connectivity index (χ0v) is 15.1. The lowest BCUT2D eigenvalue weighted by Crippen LogP contribution is -2.48. The van der Waals surface area contributed by atoms with E-state index in [1.807, 2.05) is 0 Å². The van der Waals surface area contributed by atoms with Gasteiger partial charge in [0, 0.05) is 26.2 Å². The van der Waals surface area contributed by atoms with Gasteiger partial charge >= 0.3 is 5.88 Å². The Morgan fingerprint density at radius 3 is 2.69 bits per heavy atom. The predicted molar refractivity (Wildman–Crippen MR) is 95.7 cm³/mol. The molecule has 1 aliphatic heterocycles. The average molecular weight is 401 g/mol. The quantitative estimate of drug-likeness (QED) is 0.462. The number of amides is 1. The molecule has 0 N–H and O–H groups in total. The molecule has 4 rings (SSSR count).